The molecule has 1 aliphatic heterocycles. The quantitative estimate of drug-likeness (QED) is 0.693. The Hall–Kier alpha value is -0.610. The topological polar surface area (TPSA) is 32.8 Å². The summed E-state index contributed by atoms with van der Waals surface area (Å²) >= 11 is 0. The standard InChI is InChI=1S/C13H26N2O2/c1-13(2,3)11(12(16)17-5)10-15-8-6-14(4)7-9-15/h11H,6-10H2,1-5H3. The van der Waals surface area contributed by atoms with Crippen LogP contribution in [-0.2, 0) is 9.53 Å². The lowest BCUT2D eigenvalue weighted by molar-refractivity contribution is -0.150. The highest BCUT2D eigenvalue weighted by molar-refractivity contribution is 5.73. The smallest absolute Gasteiger partial charge is 0.310 e. The summed E-state index contributed by atoms with van der Waals surface area (Å²) in [6.45, 7) is 11.4. The van der Waals surface area contributed by atoms with Crippen molar-refractivity contribution in [2.75, 3.05) is 46.9 Å². The van der Waals surface area contributed by atoms with E-state index in [0.717, 1.165) is 32.7 Å². The highest BCUT2D eigenvalue weighted by Crippen LogP contribution is 2.28. The van der Waals surface area contributed by atoms with Crippen molar-refractivity contribution in [1.29, 1.82) is 0 Å². The van der Waals surface area contributed by atoms with E-state index in [4.69, 9.17) is 4.74 Å². The van der Waals surface area contributed by atoms with Gasteiger partial charge in [-0.15, -0.1) is 0 Å². The second-order valence-corrected chi connectivity index (χ2v) is 6.05. The van der Waals surface area contributed by atoms with Crippen molar-refractivity contribution in [3.8, 4) is 0 Å². The maximum Gasteiger partial charge on any atom is 0.310 e. The number of carbonyl (C=O) groups excluding carboxylic acids is 1. The van der Waals surface area contributed by atoms with Crippen molar-refractivity contribution >= 4 is 5.97 Å². The minimum atomic E-state index is -0.0866. The summed E-state index contributed by atoms with van der Waals surface area (Å²) in [5, 5.41) is 0. The second kappa shape index (κ2) is 5.83. The lowest BCUT2D eigenvalue weighted by Crippen LogP contribution is -2.49. The molecule has 0 aliphatic carbocycles. The fraction of sp³-hybridized carbons (Fsp3) is 0.923. The van der Waals surface area contributed by atoms with Crippen LogP contribution in [-0.4, -0.2) is 62.7 Å². The Bertz CT molecular complexity index is 253. The van der Waals surface area contributed by atoms with Crippen LogP contribution in [0.4, 0.5) is 0 Å². The number of ether oxygens (including phenoxy) is 1. The van der Waals surface area contributed by atoms with Crippen LogP contribution in [0.5, 0.6) is 0 Å². The molecule has 4 nitrogen and oxygen atoms in total. The molecule has 1 aliphatic rings. The average molecular weight is 242 g/mol. The minimum Gasteiger partial charge on any atom is -0.469 e. The van der Waals surface area contributed by atoms with E-state index < -0.39 is 0 Å². The molecule has 1 rings (SSSR count). The monoisotopic (exact) mass is 242 g/mol. The number of likely N-dealkylation sites (N-methyl/N-ethyl adjacent to an activating group) is 1. The van der Waals surface area contributed by atoms with Crippen LogP contribution < -0.4 is 0 Å². The van der Waals surface area contributed by atoms with Gasteiger partial charge in [-0.25, -0.2) is 0 Å². The summed E-state index contributed by atoms with van der Waals surface area (Å²) < 4.78 is 4.93. The summed E-state index contributed by atoms with van der Waals surface area (Å²) in [6.07, 6.45) is 0. The highest BCUT2D eigenvalue weighted by atomic mass is 16.5. The molecule has 0 bridgehead atoms. The number of nitrogens with zero attached hydrogens (tertiary/aromatic N) is 2. The van der Waals surface area contributed by atoms with Crippen molar-refractivity contribution in [3.05, 3.63) is 0 Å². The van der Waals surface area contributed by atoms with Crippen LogP contribution in [0.15, 0.2) is 0 Å². The Kier molecular flexibility index (Phi) is 4.95. The highest BCUT2D eigenvalue weighted by Gasteiger charge is 2.34. The molecule has 100 valence electrons. The molecule has 0 aromatic rings. The van der Waals surface area contributed by atoms with Crippen molar-refractivity contribution in [3.63, 3.8) is 0 Å². The minimum absolute atomic E-state index is 0.0452. The van der Waals surface area contributed by atoms with Gasteiger partial charge in [0.25, 0.3) is 0 Å². The molecule has 1 atom stereocenters. The van der Waals surface area contributed by atoms with Gasteiger partial charge < -0.3 is 9.64 Å². The van der Waals surface area contributed by atoms with Gasteiger partial charge in [0, 0.05) is 32.7 Å². The fourth-order valence-corrected chi connectivity index (χ4v) is 2.13. The lowest BCUT2D eigenvalue weighted by Gasteiger charge is -2.37. The second-order valence-electron chi connectivity index (χ2n) is 6.05. The van der Waals surface area contributed by atoms with E-state index in [9.17, 15) is 4.79 Å². The van der Waals surface area contributed by atoms with Crippen LogP contribution in [0, 0.1) is 11.3 Å². The van der Waals surface area contributed by atoms with E-state index >= 15 is 0 Å². The van der Waals surface area contributed by atoms with Crippen molar-refractivity contribution in [2.45, 2.75) is 20.8 Å². The first kappa shape index (κ1) is 14.5. The molecule has 0 N–H and O–H groups in total. The Morgan fingerprint density at radius 2 is 1.76 bits per heavy atom. The Balaban J connectivity index is 2.58. The van der Waals surface area contributed by atoms with E-state index in [0.29, 0.717) is 0 Å². The molecule has 1 heterocycles. The molecule has 1 unspecified atom stereocenters. The number of methoxy groups -OCH3 is 1. The van der Waals surface area contributed by atoms with Crippen molar-refractivity contribution in [2.24, 2.45) is 11.3 Å². The Morgan fingerprint density at radius 1 is 1.24 bits per heavy atom. The molecule has 4 heteroatoms. The normalized spacial score (nSPS) is 21.2. The lowest BCUT2D eigenvalue weighted by atomic mass is 9.80. The third-order valence-electron chi connectivity index (χ3n) is 3.57. The zero-order chi connectivity index (χ0) is 13.1. The molecule has 0 aromatic heterocycles. The number of piperazine rings is 1. The maximum absolute atomic E-state index is 11.8. The van der Waals surface area contributed by atoms with Gasteiger partial charge in [0.1, 0.15) is 0 Å². The largest absolute Gasteiger partial charge is 0.469 e. The van der Waals surface area contributed by atoms with Crippen LogP contribution in [0.25, 0.3) is 0 Å². The summed E-state index contributed by atoms with van der Waals surface area (Å²) in [6, 6.07) is 0. The Morgan fingerprint density at radius 3 is 2.18 bits per heavy atom. The molecule has 0 aromatic carbocycles. The van der Waals surface area contributed by atoms with E-state index in [1.807, 2.05) is 0 Å². The first-order chi connectivity index (χ1) is 7.84. The summed E-state index contributed by atoms with van der Waals surface area (Å²) in [5.74, 6) is -0.132. The molecule has 0 spiro atoms. The predicted molar refractivity (Wildman–Crippen MR) is 68.9 cm³/mol. The molecule has 1 saturated heterocycles. The first-order valence-corrected chi connectivity index (χ1v) is 6.33. The van der Waals surface area contributed by atoms with Gasteiger partial charge in [0.15, 0.2) is 0 Å². The van der Waals surface area contributed by atoms with E-state index in [1.54, 1.807) is 0 Å². The third kappa shape index (κ3) is 4.28. The Labute approximate surface area is 105 Å². The summed E-state index contributed by atoms with van der Waals surface area (Å²) in [4.78, 5) is 16.5. The summed E-state index contributed by atoms with van der Waals surface area (Å²) in [5.41, 5.74) is -0.0452. The molecule has 17 heavy (non-hydrogen) atoms. The van der Waals surface area contributed by atoms with Gasteiger partial charge in [-0.2, -0.15) is 0 Å². The summed E-state index contributed by atoms with van der Waals surface area (Å²) in [7, 11) is 3.62. The van der Waals surface area contributed by atoms with Crippen LogP contribution in [0.2, 0.25) is 0 Å². The molecule has 1 fully saturated rings. The number of hydrogen-bond donors (Lipinski definition) is 0. The maximum atomic E-state index is 11.8. The van der Waals surface area contributed by atoms with Gasteiger partial charge in [0.05, 0.1) is 13.0 Å². The number of hydrogen-bond acceptors (Lipinski definition) is 4. The van der Waals surface area contributed by atoms with E-state index in [2.05, 4.69) is 37.6 Å². The molecule has 0 amide bonds. The van der Waals surface area contributed by atoms with E-state index in [-0.39, 0.29) is 17.3 Å². The van der Waals surface area contributed by atoms with Gasteiger partial charge in [-0.05, 0) is 12.5 Å². The van der Waals surface area contributed by atoms with Crippen molar-refractivity contribution < 1.29 is 9.53 Å². The first-order valence-electron chi connectivity index (χ1n) is 6.33. The van der Waals surface area contributed by atoms with Gasteiger partial charge in [0.2, 0.25) is 0 Å². The number of esters is 1. The zero-order valence-electron chi connectivity index (χ0n) is 11.8. The van der Waals surface area contributed by atoms with Gasteiger partial charge in [-0.3, -0.25) is 9.69 Å². The molecular weight excluding hydrogens is 216 g/mol. The molecule has 0 saturated carbocycles. The van der Waals surface area contributed by atoms with E-state index in [1.165, 1.54) is 7.11 Å². The molecule has 0 radical (unpaired) electrons. The number of carbonyl (C=O) groups is 1. The fourth-order valence-electron chi connectivity index (χ4n) is 2.13. The van der Waals surface area contributed by atoms with Gasteiger partial charge in [-0.1, -0.05) is 20.8 Å². The van der Waals surface area contributed by atoms with Crippen LogP contribution in [0.3, 0.4) is 0 Å². The average Bonchev–Trinajstić information content (AvgIpc) is 2.25. The van der Waals surface area contributed by atoms with Gasteiger partial charge >= 0.3 is 5.97 Å². The zero-order valence-corrected chi connectivity index (χ0v) is 11.8. The number of rotatable bonds is 3. The third-order valence-corrected chi connectivity index (χ3v) is 3.57. The van der Waals surface area contributed by atoms with Crippen molar-refractivity contribution in [1.82, 2.24) is 9.80 Å². The van der Waals surface area contributed by atoms with Crippen LogP contribution >= 0.6 is 0 Å². The predicted octanol–water partition coefficient (Wildman–Crippen LogP) is 1.07. The van der Waals surface area contributed by atoms with Crippen LogP contribution in [0.1, 0.15) is 20.8 Å². The molecular formula is C13H26N2O2. The SMILES string of the molecule is COC(=O)C(CN1CCN(C)CC1)C(C)(C)C.